The number of rotatable bonds is 9. The van der Waals surface area contributed by atoms with E-state index >= 15 is 0 Å². The molecule has 2 amide bonds. The Bertz CT molecular complexity index is 664. The first kappa shape index (κ1) is 20.8. The number of aromatic nitrogens is 2. The topological polar surface area (TPSA) is 173 Å². The van der Waals surface area contributed by atoms with Crippen molar-refractivity contribution in [2.24, 2.45) is 11.5 Å². The van der Waals surface area contributed by atoms with E-state index < -0.39 is 33.9 Å². The Morgan fingerprint density at radius 2 is 1.96 bits per heavy atom. The van der Waals surface area contributed by atoms with Crippen LogP contribution >= 0.6 is 12.6 Å². The molecule has 1 aromatic rings. The van der Waals surface area contributed by atoms with Crippen molar-refractivity contribution in [1.82, 2.24) is 20.6 Å². The molecule has 25 heavy (non-hydrogen) atoms. The lowest BCUT2D eigenvalue weighted by Gasteiger charge is -2.44. The zero-order valence-electron chi connectivity index (χ0n) is 14.0. The maximum absolute atomic E-state index is 12.7. The van der Waals surface area contributed by atoms with Crippen LogP contribution < -0.4 is 22.1 Å². The van der Waals surface area contributed by atoms with Gasteiger partial charge in [-0.15, -0.1) is 12.6 Å². The normalized spacial score (nSPS) is 15.6. The largest absolute Gasteiger partial charge is 0.346 e. The Morgan fingerprint density at radius 3 is 2.36 bits per heavy atom. The summed E-state index contributed by atoms with van der Waals surface area (Å²) >= 11 is 3.79. The number of H-pyrrole nitrogens is 1. The van der Waals surface area contributed by atoms with E-state index in [-0.39, 0.29) is 25.1 Å². The third kappa shape index (κ3) is 3.89. The second-order valence-electron chi connectivity index (χ2n) is 5.37. The van der Waals surface area contributed by atoms with Crippen LogP contribution in [0, 0.1) is 0 Å². The van der Waals surface area contributed by atoms with Crippen molar-refractivity contribution in [1.29, 1.82) is 0 Å². The second kappa shape index (κ2) is 8.23. The fraction of sp³-hybridized carbons (Fsp3) is 0.500. The Kier molecular flexibility index (Phi) is 6.85. The smallest absolute Gasteiger partial charge is 0.234 e. The van der Waals surface area contributed by atoms with Crippen molar-refractivity contribution in [3.8, 4) is 0 Å². The van der Waals surface area contributed by atoms with Gasteiger partial charge in [-0.3, -0.25) is 19.2 Å². The maximum Gasteiger partial charge on any atom is 0.234 e. The molecule has 0 saturated heterocycles. The van der Waals surface area contributed by atoms with Gasteiger partial charge in [0, 0.05) is 26.3 Å². The van der Waals surface area contributed by atoms with Crippen molar-refractivity contribution in [2.45, 2.75) is 37.9 Å². The van der Waals surface area contributed by atoms with Gasteiger partial charge in [-0.05, 0) is 0 Å². The van der Waals surface area contributed by atoms with E-state index in [1.807, 2.05) is 0 Å². The van der Waals surface area contributed by atoms with Crippen LogP contribution in [0.3, 0.4) is 0 Å². The van der Waals surface area contributed by atoms with Gasteiger partial charge in [0.15, 0.2) is 11.3 Å². The number of carbonyl (C=O) groups excluding carboxylic acids is 4. The zero-order valence-corrected chi connectivity index (χ0v) is 14.9. The Morgan fingerprint density at radius 1 is 1.32 bits per heavy atom. The van der Waals surface area contributed by atoms with E-state index in [1.54, 1.807) is 0 Å². The van der Waals surface area contributed by atoms with Gasteiger partial charge in [0.2, 0.25) is 22.6 Å². The van der Waals surface area contributed by atoms with Crippen LogP contribution in [0.5, 0.6) is 0 Å². The third-order valence-corrected chi connectivity index (χ3v) is 3.99. The molecule has 0 saturated carbocycles. The molecule has 0 bridgehead atoms. The van der Waals surface area contributed by atoms with E-state index in [0.717, 1.165) is 6.92 Å². The molecule has 1 unspecified atom stereocenters. The molecule has 10 nitrogen and oxygen atoms in total. The van der Waals surface area contributed by atoms with Gasteiger partial charge in [0.25, 0.3) is 0 Å². The lowest BCUT2D eigenvalue weighted by Crippen LogP contribution is -2.79. The summed E-state index contributed by atoms with van der Waals surface area (Å²) in [5, 5.41) is 3.61. The van der Waals surface area contributed by atoms with Gasteiger partial charge in [-0.1, -0.05) is 6.92 Å². The average Bonchev–Trinajstić information content (AvgIpc) is 3.06. The summed E-state index contributed by atoms with van der Waals surface area (Å²) < 4.78 is 0. The number of nitrogens with zero attached hydrogens (tertiary/aromatic N) is 1. The Hall–Kier alpha value is -2.24. The van der Waals surface area contributed by atoms with Crippen LogP contribution in [0.2, 0.25) is 0 Å². The lowest BCUT2D eigenvalue weighted by molar-refractivity contribution is -0.142. The van der Waals surface area contributed by atoms with Crippen molar-refractivity contribution < 1.29 is 19.2 Å². The lowest BCUT2D eigenvalue weighted by atomic mass is 9.77. The molecule has 0 aliphatic heterocycles. The van der Waals surface area contributed by atoms with Crippen LogP contribution in [0.1, 0.15) is 32.4 Å². The third-order valence-electron chi connectivity index (χ3n) is 3.66. The van der Waals surface area contributed by atoms with Crippen LogP contribution in [-0.4, -0.2) is 44.9 Å². The van der Waals surface area contributed by atoms with E-state index in [1.165, 1.54) is 19.4 Å². The predicted molar refractivity (Wildman–Crippen MR) is 92.1 cm³/mol. The summed E-state index contributed by atoms with van der Waals surface area (Å²) in [7, 11) is 0. The minimum atomic E-state index is -2.33. The molecule has 2 atom stereocenters. The second-order valence-corrected chi connectivity index (χ2v) is 5.78. The minimum absolute atomic E-state index is 0.00784. The summed E-state index contributed by atoms with van der Waals surface area (Å²) in [6.45, 7) is 2.64. The van der Waals surface area contributed by atoms with Crippen LogP contribution in [0.25, 0.3) is 0 Å². The molecule has 0 radical (unpaired) electrons. The number of imidazole rings is 1. The molecule has 11 heteroatoms. The molecular weight excluding hydrogens is 348 g/mol. The highest BCUT2D eigenvalue weighted by molar-refractivity contribution is 7.96. The molecule has 1 rings (SSSR count). The molecule has 0 fully saturated rings. The summed E-state index contributed by atoms with van der Waals surface area (Å²) in [6, 6.07) is 0. The Labute approximate surface area is 149 Å². The quantitative estimate of drug-likeness (QED) is 0.222. The molecule has 1 aromatic heterocycles. The van der Waals surface area contributed by atoms with E-state index in [4.69, 9.17) is 11.5 Å². The van der Waals surface area contributed by atoms with Crippen LogP contribution in [0.4, 0.5) is 0 Å². The van der Waals surface area contributed by atoms with Gasteiger partial charge in [0.05, 0.1) is 18.2 Å². The molecule has 1 heterocycles. The van der Waals surface area contributed by atoms with Gasteiger partial charge in [0.1, 0.15) is 0 Å². The average molecular weight is 370 g/mol. The fourth-order valence-electron chi connectivity index (χ4n) is 2.48. The van der Waals surface area contributed by atoms with E-state index in [9.17, 15) is 19.2 Å². The molecular formula is C14H22N6O4S. The highest BCUT2D eigenvalue weighted by Crippen LogP contribution is 2.32. The number of hydrogen-bond acceptors (Lipinski definition) is 7. The van der Waals surface area contributed by atoms with Gasteiger partial charge >= 0.3 is 0 Å². The fourth-order valence-corrected chi connectivity index (χ4v) is 2.77. The van der Waals surface area contributed by atoms with Crippen molar-refractivity contribution in [3.63, 3.8) is 0 Å². The first-order valence-corrected chi connectivity index (χ1v) is 7.94. The van der Waals surface area contributed by atoms with Crippen molar-refractivity contribution in [3.05, 3.63) is 18.2 Å². The number of nitrogens with one attached hydrogen (secondary N) is 3. The number of Topliss-reactive ketones (excluding diaryl/α,β-unsaturated/α-hetero) is 1. The molecule has 138 valence electrons. The summed E-state index contributed by atoms with van der Waals surface area (Å²) in [5.74, 6) is -2.01. The number of aromatic amines is 1. The number of amides is 2. The van der Waals surface area contributed by atoms with E-state index in [2.05, 4.69) is 33.2 Å². The molecule has 7 N–H and O–H groups in total. The van der Waals surface area contributed by atoms with Gasteiger partial charge < -0.3 is 27.1 Å². The monoisotopic (exact) mass is 370 g/mol. The van der Waals surface area contributed by atoms with E-state index in [0.29, 0.717) is 0 Å². The number of nitrogens with two attached hydrogens (primary N) is 2. The summed E-state index contributed by atoms with van der Waals surface area (Å²) in [5.41, 5.74) is 7.23. The maximum atomic E-state index is 12.7. The molecule has 0 spiro atoms. The van der Waals surface area contributed by atoms with Crippen LogP contribution in [0.15, 0.2) is 12.5 Å². The minimum Gasteiger partial charge on any atom is -0.346 e. The molecule has 0 aliphatic carbocycles. The van der Waals surface area contributed by atoms with Crippen LogP contribution in [-0.2, 0) is 24.7 Å². The number of hydrogen-bond donors (Lipinski definition) is 6. The SMILES string of the molecule is CCC(=O)C(N)(c1cnc[nH]1)[C@](NC(C)=O)(NC(=O)CCN)C(=O)S. The molecule has 0 aromatic carbocycles. The first-order valence-electron chi connectivity index (χ1n) is 7.49. The number of carbonyl (C=O) groups is 4. The zero-order chi connectivity index (χ0) is 19.3. The standard InChI is InChI=1S/C14H22N6O4S/c1-3-10(22)13(16,9-6-17-7-18-9)14(12(24)25,19-8(2)21)20-11(23)4-5-15/h6-7H,3-5,15-16H2,1-2H3,(H,17,18)(H,19,21)(H,20,23)(H,24,25)/t13?,14-/m1/s1. The summed E-state index contributed by atoms with van der Waals surface area (Å²) in [4.78, 5) is 55.5. The predicted octanol–water partition coefficient (Wildman–Crippen LogP) is -1.70. The van der Waals surface area contributed by atoms with Gasteiger partial charge in [-0.2, -0.15) is 0 Å². The first-order chi connectivity index (χ1) is 11.7. The number of ketones is 1. The highest BCUT2D eigenvalue weighted by atomic mass is 32.1. The Balaban J connectivity index is 3.68. The summed E-state index contributed by atoms with van der Waals surface area (Å²) in [6.07, 6.45) is 2.26. The van der Waals surface area contributed by atoms with Crippen molar-refractivity contribution >= 4 is 35.3 Å². The van der Waals surface area contributed by atoms with Gasteiger partial charge in [-0.25, -0.2) is 4.98 Å². The van der Waals surface area contributed by atoms with Crippen molar-refractivity contribution in [2.75, 3.05) is 6.54 Å². The number of thiol groups is 1. The molecule has 0 aliphatic rings. The highest BCUT2D eigenvalue weighted by Gasteiger charge is 2.60.